The first-order chi connectivity index (χ1) is 6.20. The Balaban J connectivity index is 3.35. The second-order valence-corrected chi connectivity index (χ2v) is 3.45. The van der Waals surface area contributed by atoms with Crippen LogP contribution < -0.4 is 0 Å². The van der Waals surface area contributed by atoms with Crippen LogP contribution in [0.2, 0.25) is 0 Å². The molecule has 0 aromatic heterocycles. The van der Waals surface area contributed by atoms with Crippen LogP contribution in [0.5, 0.6) is 0 Å². The van der Waals surface area contributed by atoms with Gasteiger partial charge in [-0.1, -0.05) is 22.9 Å². The van der Waals surface area contributed by atoms with Crippen LogP contribution in [0.1, 0.15) is 12.5 Å². The zero-order chi connectivity index (χ0) is 9.84. The summed E-state index contributed by atoms with van der Waals surface area (Å²) in [5.41, 5.74) is 0.863. The molecule has 1 aromatic carbocycles. The first kappa shape index (κ1) is 10.5. The van der Waals surface area contributed by atoms with Crippen LogP contribution in [0.4, 0.5) is 10.1 Å². The maximum atomic E-state index is 13.5. The third-order valence-electron chi connectivity index (χ3n) is 1.69. The number of rotatable bonds is 2. The van der Waals surface area contributed by atoms with Gasteiger partial charge in [-0.25, -0.2) is 4.39 Å². The van der Waals surface area contributed by atoms with Gasteiger partial charge in [-0.2, -0.15) is 4.99 Å². The standard InChI is InChI=1S/C9H7BrFNS/c1-2-6-7(10)3-4-8(9(6)11)12-5-13/h3-4H,2H2,1H3. The molecule has 68 valence electrons. The van der Waals surface area contributed by atoms with Gasteiger partial charge in [0, 0.05) is 10.0 Å². The van der Waals surface area contributed by atoms with Gasteiger partial charge in [-0.05, 0) is 30.8 Å². The molecule has 0 fully saturated rings. The minimum absolute atomic E-state index is 0.245. The van der Waals surface area contributed by atoms with E-state index in [4.69, 9.17) is 0 Å². The van der Waals surface area contributed by atoms with Crippen molar-refractivity contribution >= 4 is 39.0 Å². The van der Waals surface area contributed by atoms with E-state index in [1.54, 1.807) is 12.1 Å². The molecule has 0 atom stereocenters. The summed E-state index contributed by atoms with van der Waals surface area (Å²) < 4.78 is 14.3. The molecule has 0 spiro atoms. The lowest BCUT2D eigenvalue weighted by molar-refractivity contribution is 0.613. The highest BCUT2D eigenvalue weighted by Gasteiger charge is 2.09. The smallest absolute Gasteiger partial charge is 0.153 e. The van der Waals surface area contributed by atoms with E-state index < -0.39 is 0 Å². The molecular formula is C9H7BrFNS. The summed E-state index contributed by atoms with van der Waals surface area (Å²) in [5.74, 6) is -0.325. The molecule has 0 N–H and O–H groups in total. The maximum absolute atomic E-state index is 13.5. The lowest BCUT2D eigenvalue weighted by atomic mass is 10.1. The van der Waals surface area contributed by atoms with Gasteiger partial charge < -0.3 is 0 Å². The van der Waals surface area contributed by atoms with E-state index in [9.17, 15) is 4.39 Å². The van der Waals surface area contributed by atoms with Crippen LogP contribution in [-0.4, -0.2) is 5.16 Å². The second kappa shape index (κ2) is 4.61. The van der Waals surface area contributed by atoms with Crippen molar-refractivity contribution in [3.63, 3.8) is 0 Å². The maximum Gasteiger partial charge on any atom is 0.153 e. The summed E-state index contributed by atoms with van der Waals surface area (Å²) in [7, 11) is 0. The number of aliphatic imine (C=N–C) groups is 1. The third kappa shape index (κ3) is 2.21. The van der Waals surface area contributed by atoms with E-state index in [2.05, 4.69) is 38.3 Å². The number of benzene rings is 1. The fraction of sp³-hybridized carbons (Fsp3) is 0.222. The van der Waals surface area contributed by atoms with Gasteiger partial charge in [-0.3, -0.25) is 0 Å². The number of halogens is 2. The third-order valence-corrected chi connectivity index (χ3v) is 2.52. The predicted molar refractivity (Wildman–Crippen MR) is 58.2 cm³/mol. The quantitative estimate of drug-likeness (QED) is 0.580. The van der Waals surface area contributed by atoms with Crippen LogP contribution in [0.15, 0.2) is 21.6 Å². The van der Waals surface area contributed by atoms with Crippen molar-refractivity contribution in [2.24, 2.45) is 4.99 Å². The number of hydrogen-bond acceptors (Lipinski definition) is 2. The van der Waals surface area contributed by atoms with Gasteiger partial charge >= 0.3 is 0 Å². The average Bonchev–Trinajstić information content (AvgIpc) is 2.11. The number of thiocarbonyl (C=S) groups is 1. The second-order valence-electron chi connectivity index (χ2n) is 2.42. The number of isothiocyanates is 1. The number of hydrogen-bond donors (Lipinski definition) is 0. The zero-order valence-corrected chi connectivity index (χ0v) is 9.38. The van der Waals surface area contributed by atoms with E-state index in [0.29, 0.717) is 12.0 Å². The molecule has 1 rings (SSSR count). The van der Waals surface area contributed by atoms with E-state index in [-0.39, 0.29) is 11.5 Å². The summed E-state index contributed by atoms with van der Waals surface area (Å²) in [5, 5.41) is 2.15. The fourth-order valence-corrected chi connectivity index (χ4v) is 1.73. The Bertz CT molecular complexity index is 372. The molecule has 1 aromatic rings. The van der Waals surface area contributed by atoms with Gasteiger partial charge in [0.25, 0.3) is 0 Å². The minimum Gasteiger partial charge on any atom is -0.204 e. The summed E-state index contributed by atoms with van der Waals surface area (Å²) in [4.78, 5) is 3.62. The van der Waals surface area contributed by atoms with Gasteiger partial charge in [-0.15, -0.1) is 0 Å². The molecule has 0 unspecified atom stereocenters. The molecule has 4 heteroatoms. The van der Waals surface area contributed by atoms with Crippen molar-refractivity contribution in [1.82, 2.24) is 0 Å². The molecule has 1 nitrogen and oxygen atoms in total. The molecule has 0 radical (unpaired) electrons. The van der Waals surface area contributed by atoms with Crippen LogP contribution in [-0.2, 0) is 6.42 Å². The van der Waals surface area contributed by atoms with Crippen molar-refractivity contribution in [3.8, 4) is 0 Å². The predicted octanol–water partition coefficient (Wildman–Crippen LogP) is 3.88. The molecular weight excluding hydrogens is 253 g/mol. The van der Waals surface area contributed by atoms with Gasteiger partial charge in [0.1, 0.15) is 5.69 Å². The van der Waals surface area contributed by atoms with E-state index >= 15 is 0 Å². The summed E-state index contributed by atoms with van der Waals surface area (Å²) >= 11 is 7.68. The molecule has 0 heterocycles. The Kier molecular flexibility index (Phi) is 3.72. The molecule has 13 heavy (non-hydrogen) atoms. The van der Waals surface area contributed by atoms with E-state index in [1.165, 1.54) is 0 Å². The Morgan fingerprint density at radius 2 is 2.31 bits per heavy atom. The fourth-order valence-electron chi connectivity index (χ4n) is 1.04. The highest BCUT2D eigenvalue weighted by Crippen LogP contribution is 2.27. The van der Waals surface area contributed by atoms with E-state index in [0.717, 1.165) is 4.47 Å². The molecule has 0 amide bonds. The van der Waals surface area contributed by atoms with Gasteiger partial charge in [0.05, 0.1) is 5.16 Å². The Morgan fingerprint density at radius 1 is 1.62 bits per heavy atom. The zero-order valence-electron chi connectivity index (χ0n) is 6.97. The molecule has 0 aliphatic heterocycles. The van der Waals surface area contributed by atoms with Crippen molar-refractivity contribution in [3.05, 3.63) is 28.0 Å². The summed E-state index contributed by atoms with van der Waals surface area (Å²) in [6.45, 7) is 1.88. The summed E-state index contributed by atoms with van der Waals surface area (Å²) in [6, 6.07) is 3.32. The highest BCUT2D eigenvalue weighted by molar-refractivity contribution is 9.10. The van der Waals surface area contributed by atoms with Crippen molar-refractivity contribution in [2.75, 3.05) is 0 Å². The molecule has 0 aliphatic carbocycles. The minimum atomic E-state index is -0.325. The normalized spacial score (nSPS) is 9.46. The molecule has 0 bridgehead atoms. The average molecular weight is 260 g/mol. The molecule has 0 aliphatic rings. The van der Waals surface area contributed by atoms with Crippen molar-refractivity contribution in [2.45, 2.75) is 13.3 Å². The molecule has 0 saturated carbocycles. The first-order valence-electron chi connectivity index (χ1n) is 3.75. The van der Waals surface area contributed by atoms with Gasteiger partial charge in [0.2, 0.25) is 0 Å². The number of nitrogens with zero attached hydrogens (tertiary/aromatic N) is 1. The topological polar surface area (TPSA) is 12.4 Å². The Labute approximate surface area is 89.8 Å². The lowest BCUT2D eigenvalue weighted by Gasteiger charge is -2.04. The first-order valence-corrected chi connectivity index (χ1v) is 4.95. The van der Waals surface area contributed by atoms with E-state index in [1.807, 2.05) is 6.92 Å². The lowest BCUT2D eigenvalue weighted by Crippen LogP contribution is -1.89. The highest BCUT2D eigenvalue weighted by atomic mass is 79.9. The van der Waals surface area contributed by atoms with Crippen molar-refractivity contribution in [1.29, 1.82) is 0 Å². The Hall–Kier alpha value is -0.570. The van der Waals surface area contributed by atoms with Crippen LogP contribution in [0.25, 0.3) is 0 Å². The van der Waals surface area contributed by atoms with Crippen LogP contribution in [0.3, 0.4) is 0 Å². The monoisotopic (exact) mass is 259 g/mol. The largest absolute Gasteiger partial charge is 0.204 e. The van der Waals surface area contributed by atoms with Crippen molar-refractivity contribution < 1.29 is 4.39 Å². The SMILES string of the molecule is CCc1c(Br)ccc(N=C=S)c1F. The summed E-state index contributed by atoms with van der Waals surface area (Å²) in [6.07, 6.45) is 0.618. The Morgan fingerprint density at radius 3 is 2.85 bits per heavy atom. The van der Waals surface area contributed by atoms with Crippen LogP contribution in [0, 0.1) is 5.82 Å². The van der Waals surface area contributed by atoms with Gasteiger partial charge in [0.15, 0.2) is 5.82 Å². The molecule has 0 saturated heterocycles. The van der Waals surface area contributed by atoms with Crippen LogP contribution >= 0.6 is 28.1 Å².